The number of nitrogens with zero attached hydrogens (tertiary/aromatic N) is 3. The number of nitro groups is 1. The fraction of sp³-hybridized carbons (Fsp3) is 0.718. The van der Waals surface area contributed by atoms with Crippen LogP contribution in [0.1, 0.15) is 138 Å². The predicted molar refractivity (Wildman–Crippen MR) is 206 cm³/mol. The highest BCUT2D eigenvalue weighted by atomic mass is 16.7. The molecule has 1 aromatic rings. The molecule has 2 aliphatic rings. The van der Waals surface area contributed by atoms with Crippen molar-refractivity contribution in [3.8, 4) is 0 Å². The van der Waals surface area contributed by atoms with Gasteiger partial charge in [-0.05, 0) is 82.8 Å². The van der Waals surface area contributed by atoms with Gasteiger partial charge in [0.25, 0.3) is 17.8 Å². The van der Waals surface area contributed by atoms with E-state index in [1.807, 2.05) is 19.3 Å². The summed E-state index contributed by atoms with van der Waals surface area (Å²) in [5.74, 6) is -0.974. The van der Waals surface area contributed by atoms with Crippen LogP contribution >= 0.6 is 0 Å². The van der Waals surface area contributed by atoms with Crippen LogP contribution in [0, 0.1) is 27.9 Å². The van der Waals surface area contributed by atoms with Gasteiger partial charge in [-0.1, -0.05) is 76.4 Å². The summed E-state index contributed by atoms with van der Waals surface area (Å²) in [6, 6.07) is 5.64. The molecule has 3 atom stereocenters. The second-order valence-electron chi connectivity index (χ2n) is 14.7. The van der Waals surface area contributed by atoms with E-state index in [4.69, 9.17) is 15.2 Å². The van der Waals surface area contributed by atoms with E-state index in [9.17, 15) is 29.3 Å². The van der Waals surface area contributed by atoms with Gasteiger partial charge in [0.1, 0.15) is 6.04 Å². The Hall–Kier alpha value is -4.11. The number of guanidine groups is 1. The molecule has 1 aromatic carbocycles. The maximum absolute atomic E-state index is 14.0. The Bertz CT molecular complexity index is 1360. The van der Waals surface area contributed by atoms with Crippen molar-refractivity contribution in [3.05, 3.63) is 45.5 Å². The summed E-state index contributed by atoms with van der Waals surface area (Å²) in [4.78, 5) is 69.3. The van der Waals surface area contributed by atoms with Crippen LogP contribution in [0.15, 0.2) is 29.3 Å². The Kier molecular flexibility index (Phi) is 19.4. The number of hydrazine groups is 1. The van der Waals surface area contributed by atoms with Crippen molar-refractivity contribution in [3.63, 3.8) is 0 Å². The van der Waals surface area contributed by atoms with E-state index in [0.29, 0.717) is 43.7 Å². The lowest BCUT2D eigenvalue weighted by atomic mass is 9.85. The molecule has 1 heterocycles. The van der Waals surface area contributed by atoms with Crippen LogP contribution in [0.5, 0.6) is 0 Å². The predicted octanol–water partition coefficient (Wildman–Crippen LogP) is 5.11. The number of imide groups is 1. The number of hydrogen-bond acceptors (Lipinski definition) is 9. The standard InChI is InChI=1S/C39H63N7O8/c1-5-53-38(54-6-2)33(26-27(3)4)43-35(48)32(23-17-24-41-39(40)44-46(51)52)42-34(47)29(28-18-12-13-19-28)20-11-9-7-8-10-16-25-45-36(49)30-21-14-15-22-31(30)37(45)50/h14-15,21-22,27-29,32-33,38H,5-13,16-20,23-26H2,1-4H3,(H,42,47)(H,43,48)(H3,40,41,44)/t29?,32-,33-/m0/s1. The number of rotatable bonds is 26. The Morgan fingerprint density at radius 2 is 1.50 bits per heavy atom. The molecule has 3 rings (SSSR count). The number of nitrogens with two attached hydrogens (primary N) is 1. The summed E-state index contributed by atoms with van der Waals surface area (Å²) in [6.45, 7) is 9.21. The Balaban J connectivity index is 1.58. The van der Waals surface area contributed by atoms with Gasteiger partial charge in [0.15, 0.2) is 11.3 Å². The molecule has 1 unspecified atom stereocenters. The van der Waals surface area contributed by atoms with Gasteiger partial charge in [-0.2, -0.15) is 0 Å². The van der Waals surface area contributed by atoms with E-state index in [2.05, 4.69) is 29.5 Å². The third-order valence-corrected chi connectivity index (χ3v) is 10.1. The minimum absolute atomic E-state index is 0.132. The summed E-state index contributed by atoms with van der Waals surface area (Å²) < 4.78 is 11.7. The zero-order valence-corrected chi connectivity index (χ0v) is 32.7. The third kappa shape index (κ3) is 14.3. The minimum atomic E-state index is -0.859. The first-order chi connectivity index (χ1) is 26.0. The Morgan fingerprint density at radius 1 is 0.907 bits per heavy atom. The largest absolute Gasteiger partial charge is 0.365 e. The molecule has 15 heteroatoms. The summed E-state index contributed by atoms with van der Waals surface area (Å²) in [5.41, 5.74) is 8.35. The molecule has 1 aliphatic carbocycles. The monoisotopic (exact) mass is 757 g/mol. The van der Waals surface area contributed by atoms with Crippen LogP contribution in [0.25, 0.3) is 0 Å². The molecular formula is C39H63N7O8. The maximum atomic E-state index is 14.0. The highest BCUT2D eigenvalue weighted by Crippen LogP contribution is 2.34. The van der Waals surface area contributed by atoms with Gasteiger partial charge in [0.05, 0.1) is 17.2 Å². The fourth-order valence-corrected chi connectivity index (χ4v) is 7.53. The first-order valence-electron chi connectivity index (χ1n) is 20.0. The molecule has 0 aromatic heterocycles. The summed E-state index contributed by atoms with van der Waals surface area (Å²) in [5, 5.41) is 16.1. The van der Waals surface area contributed by atoms with Gasteiger partial charge in [-0.15, -0.1) is 0 Å². The Morgan fingerprint density at radius 3 is 2.07 bits per heavy atom. The van der Waals surface area contributed by atoms with Gasteiger partial charge >= 0.3 is 0 Å². The molecule has 0 radical (unpaired) electrons. The molecule has 54 heavy (non-hydrogen) atoms. The highest BCUT2D eigenvalue weighted by molar-refractivity contribution is 6.21. The second-order valence-corrected chi connectivity index (χ2v) is 14.7. The second kappa shape index (κ2) is 23.6. The molecular weight excluding hydrogens is 694 g/mol. The number of carbonyl (C=O) groups is 4. The molecule has 0 spiro atoms. The van der Waals surface area contributed by atoms with Gasteiger partial charge in [0.2, 0.25) is 11.8 Å². The number of carbonyl (C=O) groups excluding carboxylic acids is 4. The van der Waals surface area contributed by atoms with Crippen molar-refractivity contribution in [2.45, 2.75) is 136 Å². The molecule has 0 saturated heterocycles. The molecule has 0 bridgehead atoms. The molecule has 15 nitrogen and oxygen atoms in total. The maximum Gasteiger partial charge on any atom is 0.261 e. The normalized spacial score (nSPS) is 16.5. The molecule has 4 amide bonds. The van der Waals surface area contributed by atoms with Crippen molar-refractivity contribution in [1.29, 1.82) is 0 Å². The lowest BCUT2D eigenvalue weighted by Gasteiger charge is -2.31. The quantitative estimate of drug-likeness (QED) is 0.0187. The smallest absolute Gasteiger partial charge is 0.261 e. The number of aliphatic imine (C=N–C) groups is 1. The average Bonchev–Trinajstić information content (AvgIpc) is 3.74. The number of ether oxygens (including phenoxy) is 2. The highest BCUT2D eigenvalue weighted by Gasteiger charge is 2.35. The van der Waals surface area contributed by atoms with Crippen molar-refractivity contribution in [2.24, 2.45) is 28.5 Å². The van der Waals surface area contributed by atoms with Crippen LogP contribution in [-0.2, 0) is 19.1 Å². The van der Waals surface area contributed by atoms with E-state index in [1.54, 1.807) is 24.3 Å². The minimum Gasteiger partial charge on any atom is -0.365 e. The summed E-state index contributed by atoms with van der Waals surface area (Å²) in [6.07, 6.45) is 10.9. The number of amides is 4. The van der Waals surface area contributed by atoms with Crippen molar-refractivity contribution in [2.75, 3.05) is 26.3 Å². The molecule has 1 fully saturated rings. The topological polar surface area (TPSA) is 208 Å². The van der Waals surface area contributed by atoms with E-state index in [0.717, 1.165) is 70.6 Å². The fourth-order valence-electron chi connectivity index (χ4n) is 7.53. The zero-order chi connectivity index (χ0) is 39.5. The van der Waals surface area contributed by atoms with Crippen LogP contribution in [0.4, 0.5) is 0 Å². The average molecular weight is 758 g/mol. The number of fused-ring (bicyclic) bond motifs is 1. The first kappa shape index (κ1) is 44.3. The van der Waals surface area contributed by atoms with Crippen LogP contribution in [-0.4, -0.2) is 84.2 Å². The first-order valence-corrected chi connectivity index (χ1v) is 20.0. The molecule has 1 aliphatic heterocycles. The summed E-state index contributed by atoms with van der Waals surface area (Å²) >= 11 is 0. The van der Waals surface area contributed by atoms with Crippen LogP contribution in [0.3, 0.4) is 0 Å². The Labute approximate surface area is 320 Å². The third-order valence-electron chi connectivity index (χ3n) is 10.1. The number of nitrogens with one attached hydrogen (secondary N) is 3. The lowest BCUT2D eigenvalue weighted by Crippen LogP contribution is -2.55. The summed E-state index contributed by atoms with van der Waals surface area (Å²) in [7, 11) is 0. The van der Waals surface area contributed by atoms with Gasteiger partial charge < -0.3 is 25.8 Å². The van der Waals surface area contributed by atoms with Gasteiger partial charge in [-0.3, -0.25) is 24.1 Å². The van der Waals surface area contributed by atoms with Crippen molar-refractivity contribution in [1.82, 2.24) is 21.0 Å². The van der Waals surface area contributed by atoms with Crippen molar-refractivity contribution >= 4 is 29.6 Å². The van der Waals surface area contributed by atoms with E-state index >= 15 is 0 Å². The molecule has 1 saturated carbocycles. The van der Waals surface area contributed by atoms with Gasteiger partial charge in [0, 0.05) is 32.2 Å². The van der Waals surface area contributed by atoms with E-state index in [1.165, 1.54) is 4.90 Å². The van der Waals surface area contributed by atoms with E-state index in [-0.39, 0.29) is 60.3 Å². The van der Waals surface area contributed by atoms with E-state index < -0.39 is 23.4 Å². The number of hydrogen-bond donors (Lipinski definition) is 4. The van der Waals surface area contributed by atoms with Crippen molar-refractivity contribution < 1.29 is 33.7 Å². The molecule has 302 valence electrons. The number of benzene rings is 1. The van der Waals surface area contributed by atoms with Crippen LogP contribution < -0.4 is 21.8 Å². The zero-order valence-electron chi connectivity index (χ0n) is 32.7. The van der Waals surface area contributed by atoms with Gasteiger partial charge in [-0.25, -0.2) is 15.1 Å². The van der Waals surface area contributed by atoms with Crippen LogP contribution in [0.2, 0.25) is 0 Å². The molecule has 5 N–H and O–H groups in total. The lowest BCUT2D eigenvalue weighted by molar-refractivity contribution is -0.525. The number of unbranched alkanes of at least 4 members (excludes halogenated alkanes) is 5. The SMILES string of the molecule is CCOC(OCC)[C@H](CC(C)C)NC(=O)[C@H](CCCN=C(N)N[N+](=O)[O-])NC(=O)C(CCCCCCCCN1C(=O)c2ccccc2C1=O)C1CCCC1.